The van der Waals surface area contributed by atoms with Gasteiger partial charge in [0, 0.05) is 6.07 Å². The van der Waals surface area contributed by atoms with E-state index in [-0.39, 0.29) is 10.0 Å². The van der Waals surface area contributed by atoms with Crippen LogP contribution in [0.3, 0.4) is 0 Å². The summed E-state index contributed by atoms with van der Waals surface area (Å²) in [6.45, 7) is 1.88. The second-order valence-electron chi connectivity index (χ2n) is 3.11. The molecule has 0 saturated heterocycles. The van der Waals surface area contributed by atoms with Crippen molar-refractivity contribution in [1.82, 2.24) is 0 Å². The smallest absolute Gasteiger partial charge is 0.148 e. The molecule has 16 heavy (non-hydrogen) atoms. The molecule has 0 fully saturated rings. The van der Waals surface area contributed by atoms with E-state index in [1.807, 2.05) is 6.92 Å². The van der Waals surface area contributed by atoms with E-state index in [2.05, 4.69) is 15.9 Å². The third-order valence-electron chi connectivity index (χ3n) is 1.93. The maximum Gasteiger partial charge on any atom is 0.148 e. The first-order valence-electron chi connectivity index (χ1n) is 4.56. The van der Waals surface area contributed by atoms with Gasteiger partial charge in [0.05, 0.1) is 9.50 Å². The van der Waals surface area contributed by atoms with E-state index in [1.165, 1.54) is 12.1 Å². The van der Waals surface area contributed by atoms with Gasteiger partial charge in [-0.3, -0.25) is 0 Å². The van der Waals surface area contributed by atoms with E-state index in [0.29, 0.717) is 16.6 Å². The first-order valence-corrected chi connectivity index (χ1v) is 6.14. The van der Waals surface area contributed by atoms with Gasteiger partial charge in [0.25, 0.3) is 0 Å². The Morgan fingerprint density at radius 1 is 1.69 bits per heavy atom. The van der Waals surface area contributed by atoms with E-state index in [4.69, 9.17) is 34.3 Å². The molecule has 1 atom stereocenters. The lowest BCUT2D eigenvalue weighted by Crippen LogP contribution is -2.31. The first kappa shape index (κ1) is 13.7. The van der Waals surface area contributed by atoms with Gasteiger partial charge in [-0.2, -0.15) is 0 Å². The number of nitrogens with two attached hydrogens (primary N) is 1. The summed E-state index contributed by atoms with van der Waals surface area (Å²) in [5, 5.41) is 0.0302. The van der Waals surface area contributed by atoms with Crippen molar-refractivity contribution in [2.24, 2.45) is 5.73 Å². The molecule has 0 amide bonds. The maximum absolute atomic E-state index is 13.2. The molecule has 0 aromatic heterocycles. The molecule has 1 aromatic carbocycles. The Bertz CT molecular complexity index is 416. The highest BCUT2D eigenvalue weighted by molar-refractivity contribution is 9.10. The van der Waals surface area contributed by atoms with Crippen molar-refractivity contribution in [2.45, 2.75) is 19.4 Å². The van der Waals surface area contributed by atoms with Gasteiger partial charge >= 0.3 is 0 Å². The highest BCUT2D eigenvalue weighted by Gasteiger charge is 2.15. The van der Waals surface area contributed by atoms with E-state index >= 15 is 0 Å². The minimum Gasteiger partial charge on any atom is -0.482 e. The molecule has 0 radical (unpaired) electrons. The second-order valence-corrected chi connectivity index (χ2v) is 4.85. The predicted molar refractivity (Wildman–Crippen MR) is 70.6 cm³/mol. The van der Waals surface area contributed by atoms with Gasteiger partial charge in [-0.15, -0.1) is 0 Å². The average Bonchev–Trinajstić information content (AvgIpc) is 2.21. The summed E-state index contributed by atoms with van der Waals surface area (Å²) in [5.41, 5.74) is 5.48. The molecule has 2 N–H and O–H groups in total. The SMILES string of the molecule is CCC(Oc1cc(F)c(Cl)cc1Br)C(N)=S. The minimum absolute atomic E-state index is 0.0302. The zero-order chi connectivity index (χ0) is 12.3. The highest BCUT2D eigenvalue weighted by Crippen LogP contribution is 2.31. The van der Waals surface area contributed by atoms with Crippen molar-refractivity contribution in [3.63, 3.8) is 0 Å². The summed E-state index contributed by atoms with van der Waals surface area (Å²) in [4.78, 5) is 0.241. The average molecular weight is 327 g/mol. The molecule has 0 spiro atoms. The third kappa shape index (κ3) is 3.30. The molecule has 2 nitrogen and oxygen atoms in total. The molecule has 0 heterocycles. The Hall–Kier alpha value is -0.390. The van der Waals surface area contributed by atoms with Crippen LogP contribution in [0.4, 0.5) is 4.39 Å². The summed E-state index contributed by atoms with van der Waals surface area (Å²) in [7, 11) is 0. The fourth-order valence-corrected chi connectivity index (χ4v) is 2.04. The van der Waals surface area contributed by atoms with Crippen LogP contribution >= 0.6 is 39.7 Å². The zero-order valence-corrected chi connectivity index (χ0v) is 11.6. The largest absolute Gasteiger partial charge is 0.482 e. The van der Waals surface area contributed by atoms with Gasteiger partial charge in [-0.25, -0.2) is 4.39 Å². The summed E-state index contributed by atoms with van der Waals surface area (Å²) >= 11 is 13.7. The number of hydrogen-bond donors (Lipinski definition) is 1. The van der Waals surface area contributed by atoms with Crippen molar-refractivity contribution >= 4 is 44.7 Å². The van der Waals surface area contributed by atoms with Crippen LogP contribution in [-0.4, -0.2) is 11.1 Å². The Labute approximate surface area is 112 Å². The van der Waals surface area contributed by atoms with Crippen molar-refractivity contribution in [2.75, 3.05) is 0 Å². The molecule has 0 aliphatic heterocycles. The first-order chi connectivity index (χ1) is 7.45. The molecule has 1 rings (SSSR count). The highest BCUT2D eigenvalue weighted by atomic mass is 79.9. The zero-order valence-electron chi connectivity index (χ0n) is 8.47. The standard InChI is InChI=1S/C10H10BrClFNOS/c1-2-8(10(14)16)15-9-4-7(13)6(12)3-5(9)11/h3-4,8H,2H2,1H3,(H2,14,16). The maximum atomic E-state index is 13.2. The van der Waals surface area contributed by atoms with Gasteiger partial charge in [-0.1, -0.05) is 30.7 Å². The molecule has 0 saturated carbocycles. The van der Waals surface area contributed by atoms with Crippen LogP contribution in [0.5, 0.6) is 5.75 Å². The van der Waals surface area contributed by atoms with Gasteiger partial charge in [-0.05, 0) is 28.4 Å². The third-order valence-corrected chi connectivity index (χ3v) is 3.10. The lowest BCUT2D eigenvalue weighted by molar-refractivity contribution is 0.261. The Balaban J connectivity index is 2.96. The summed E-state index contributed by atoms with van der Waals surface area (Å²) in [6.07, 6.45) is 0.207. The molecule has 1 unspecified atom stereocenters. The van der Waals surface area contributed by atoms with E-state index in [0.717, 1.165) is 0 Å². The van der Waals surface area contributed by atoms with Crippen molar-refractivity contribution in [3.05, 3.63) is 27.4 Å². The van der Waals surface area contributed by atoms with E-state index in [1.54, 1.807) is 0 Å². The van der Waals surface area contributed by atoms with E-state index < -0.39 is 11.9 Å². The lowest BCUT2D eigenvalue weighted by Gasteiger charge is -2.17. The Morgan fingerprint density at radius 3 is 2.81 bits per heavy atom. The van der Waals surface area contributed by atoms with Crippen LogP contribution < -0.4 is 10.5 Å². The Morgan fingerprint density at radius 2 is 2.31 bits per heavy atom. The van der Waals surface area contributed by atoms with Gasteiger partial charge in [0.1, 0.15) is 22.7 Å². The molecule has 88 valence electrons. The number of benzene rings is 1. The normalized spacial score (nSPS) is 12.2. The number of rotatable bonds is 4. The monoisotopic (exact) mass is 325 g/mol. The van der Waals surface area contributed by atoms with Gasteiger partial charge in [0.15, 0.2) is 0 Å². The minimum atomic E-state index is -0.544. The predicted octanol–water partition coefficient (Wildman–Crippen LogP) is 3.69. The Kier molecular flexibility index (Phi) is 4.95. The van der Waals surface area contributed by atoms with Crippen LogP contribution in [-0.2, 0) is 0 Å². The van der Waals surface area contributed by atoms with Crippen molar-refractivity contribution < 1.29 is 9.13 Å². The van der Waals surface area contributed by atoms with Crippen molar-refractivity contribution in [3.8, 4) is 5.75 Å². The number of ether oxygens (including phenoxy) is 1. The molecule has 0 aliphatic carbocycles. The van der Waals surface area contributed by atoms with Gasteiger partial charge in [0.2, 0.25) is 0 Å². The van der Waals surface area contributed by atoms with Gasteiger partial charge < -0.3 is 10.5 Å². The second kappa shape index (κ2) is 5.80. The molecule has 0 bridgehead atoms. The topological polar surface area (TPSA) is 35.2 Å². The van der Waals surface area contributed by atoms with Crippen LogP contribution in [0.2, 0.25) is 5.02 Å². The molecule has 6 heteroatoms. The lowest BCUT2D eigenvalue weighted by atomic mass is 10.2. The van der Waals surface area contributed by atoms with Crippen LogP contribution in [0.25, 0.3) is 0 Å². The molecule has 0 aliphatic rings. The van der Waals surface area contributed by atoms with Crippen molar-refractivity contribution in [1.29, 1.82) is 0 Å². The molecular weight excluding hydrogens is 317 g/mol. The quantitative estimate of drug-likeness (QED) is 0.677. The van der Waals surface area contributed by atoms with Crippen LogP contribution in [0.15, 0.2) is 16.6 Å². The fraction of sp³-hybridized carbons (Fsp3) is 0.300. The van der Waals surface area contributed by atoms with E-state index in [9.17, 15) is 4.39 Å². The number of thiocarbonyl (C=S) groups is 1. The van der Waals surface area contributed by atoms with Crippen LogP contribution in [0.1, 0.15) is 13.3 Å². The number of hydrogen-bond acceptors (Lipinski definition) is 2. The summed E-state index contributed by atoms with van der Waals surface area (Å²) < 4.78 is 19.3. The number of halogens is 3. The fourth-order valence-electron chi connectivity index (χ4n) is 1.09. The van der Waals surface area contributed by atoms with Crippen LogP contribution in [0, 0.1) is 5.82 Å². The summed E-state index contributed by atoms with van der Waals surface area (Å²) in [5.74, 6) is -0.209. The molecular formula is C10H10BrClFNOS. The summed E-state index contributed by atoms with van der Waals surface area (Å²) in [6, 6.07) is 2.63. The molecule has 1 aromatic rings.